The molecule has 1 aliphatic rings. The van der Waals surface area contributed by atoms with E-state index in [1.807, 2.05) is 52.0 Å². The van der Waals surface area contributed by atoms with E-state index in [9.17, 15) is 19.7 Å². The van der Waals surface area contributed by atoms with Crippen LogP contribution < -0.4 is 10.2 Å². The fourth-order valence-corrected chi connectivity index (χ4v) is 3.73. The lowest BCUT2D eigenvalue weighted by atomic mass is 10.0. The molecule has 0 fully saturated rings. The van der Waals surface area contributed by atoms with Crippen LogP contribution in [0.15, 0.2) is 66.4 Å². The molecule has 7 heteroatoms. The van der Waals surface area contributed by atoms with Crippen LogP contribution in [0.2, 0.25) is 0 Å². The number of hydrogen-bond acceptors (Lipinski definition) is 5. The number of non-ortho nitro benzene ring substituents is 1. The molecule has 3 aromatic carbocycles. The second-order valence-electron chi connectivity index (χ2n) is 8.19. The highest BCUT2D eigenvalue weighted by atomic mass is 16.6. The van der Waals surface area contributed by atoms with Crippen molar-refractivity contribution in [3.8, 4) is 0 Å². The van der Waals surface area contributed by atoms with Crippen LogP contribution in [0.25, 0.3) is 5.57 Å². The molecule has 0 bridgehead atoms. The summed E-state index contributed by atoms with van der Waals surface area (Å²) in [4.78, 5) is 38.7. The van der Waals surface area contributed by atoms with Crippen molar-refractivity contribution >= 4 is 34.4 Å². The van der Waals surface area contributed by atoms with Crippen LogP contribution in [-0.4, -0.2) is 16.7 Å². The van der Waals surface area contributed by atoms with Gasteiger partial charge in [0.05, 0.1) is 16.2 Å². The van der Waals surface area contributed by atoms with Crippen molar-refractivity contribution < 1.29 is 14.5 Å². The Bertz CT molecular complexity index is 1340. The number of amides is 2. The summed E-state index contributed by atoms with van der Waals surface area (Å²) in [7, 11) is 0. The molecule has 166 valence electrons. The molecule has 7 nitrogen and oxygen atoms in total. The number of nitro groups is 1. The highest BCUT2D eigenvalue weighted by Gasteiger charge is 2.40. The molecule has 0 saturated heterocycles. The maximum absolute atomic E-state index is 13.5. The Labute approximate surface area is 191 Å². The van der Waals surface area contributed by atoms with Crippen LogP contribution in [0.3, 0.4) is 0 Å². The molecule has 0 aliphatic carbocycles. The lowest BCUT2D eigenvalue weighted by molar-refractivity contribution is -0.384. The van der Waals surface area contributed by atoms with Gasteiger partial charge in [0.15, 0.2) is 0 Å². The topological polar surface area (TPSA) is 92.6 Å². The Morgan fingerprint density at radius 1 is 0.758 bits per heavy atom. The van der Waals surface area contributed by atoms with Crippen molar-refractivity contribution in [3.05, 3.63) is 104 Å². The number of nitro benzene ring substituents is 1. The van der Waals surface area contributed by atoms with Crippen molar-refractivity contribution in [1.29, 1.82) is 0 Å². The molecule has 33 heavy (non-hydrogen) atoms. The summed E-state index contributed by atoms with van der Waals surface area (Å²) < 4.78 is 0. The number of rotatable bonds is 5. The van der Waals surface area contributed by atoms with E-state index in [1.165, 1.54) is 24.3 Å². The van der Waals surface area contributed by atoms with Gasteiger partial charge in [0.1, 0.15) is 5.70 Å². The summed E-state index contributed by atoms with van der Waals surface area (Å²) in [6, 6.07) is 16.7. The minimum Gasteiger partial charge on any atom is -0.350 e. The lowest BCUT2D eigenvalue weighted by Gasteiger charge is -2.17. The normalized spacial score (nSPS) is 13.6. The molecule has 1 aliphatic heterocycles. The number of benzene rings is 3. The van der Waals surface area contributed by atoms with Gasteiger partial charge in [-0.15, -0.1) is 0 Å². The zero-order valence-electron chi connectivity index (χ0n) is 18.8. The maximum atomic E-state index is 13.5. The van der Waals surface area contributed by atoms with Crippen LogP contribution >= 0.6 is 0 Å². The van der Waals surface area contributed by atoms with Gasteiger partial charge in [-0.05, 0) is 91.9 Å². The minimum atomic E-state index is -0.505. The van der Waals surface area contributed by atoms with Gasteiger partial charge in [-0.1, -0.05) is 12.1 Å². The SMILES string of the molecule is Cc1ccc(NC2=C(c3ccc([N+](=O)[O-])cc3)C(=O)N(c3ccc(C)c(C)c3)C2=O)cc1C. The molecular weight excluding hydrogens is 418 g/mol. The summed E-state index contributed by atoms with van der Waals surface area (Å²) in [6.07, 6.45) is 0. The zero-order valence-corrected chi connectivity index (χ0v) is 18.8. The van der Waals surface area contributed by atoms with Crippen molar-refractivity contribution in [3.63, 3.8) is 0 Å². The zero-order chi connectivity index (χ0) is 23.9. The first-order chi connectivity index (χ1) is 15.7. The van der Waals surface area contributed by atoms with Crippen LogP contribution in [0.1, 0.15) is 27.8 Å². The van der Waals surface area contributed by atoms with Crippen LogP contribution in [0, 0.1) is 37.8 Å². The quantitative estimate of drug-likeness (QED) is 0.333. The predicted octanol–water partition coefficient (Wildman–Crippen LogP) is 5.23. The van der Waals surface area contributed by atoms with Crippen molar-refractivity contribution in [2.24, 2.45) is 0 Å². The molecule has 0 radical (unpaired) electrons. The molecule has 2 amide bonds. The fraction of sp³-hybridized carbons (Fsp3) is 0.154. The third kappa shape index (κ3) is 4.01. The average Bonchev–Trinajstić information content (AvgIpc) is 3.02. The molecular formula is C26H23N3O4. The average molecular weight is 441 g/mol. The minimum absolute atomic E-state index is 0.0918. The molecule has 4 rings (SSSR count). The summed E-state index contributed by atoms with van der Waals surface area (Å²) in [5.41, 5.74) is 5.95. The number of carbonyl (C=O) groups is 2. The van der Waals surface area contributed by atoms with Gasteiger partial charge in [0.25, 0.3) is 17.5 Å². The van der Waals surface area contributed by atoms with Gasteiger partial charge in [-0.3, -0.25) is 19.7 Å². The van der Waals surface area contributed by atoms with E-state index in [2.05, 4.69) is 5.32 Å². The molecule has 1 heterocycles. The summed E-state index contributed by atoms with van der Waals surface area (Å²) in [6.45, 7) is 7.84. The number of imide groups is 1. The monoisotopic (exact) mass is 441 g/mol. The number of anilines is 2. The van der Waals surface area contributed by atoms with Gasteiger partial charge in [0.2, 0.25) is 0 Å². The van der Waals surface area contributed by atoms with E-state index in [0.29, 0.717) is 16.9 Å². The molecule has 0 aromatic heterocycles. The van der Waals surface area contributed by atoms with E-state index in [1.54, 1.807) is 12.1 Å². The lowest BCUT2D eigenvalue weighted by Crippen LogP contribution is -2.32. The van der Waals surface area contributed by atoms with E-state index >= 15 is 0 Å². The van der Waals surface area contributed by atoms with Gasteiger partial charge < -0.3 is 5.32 Å². The van der Waals surface area contributed by atoms with Crippen LogP contribution in [0.5, 0.6) is 0 Å². The van der Waals surface area contributed by atoms with Crippen molar-refractivity contribution in [2.45, 2.75) is 27.7 Å². The molecule has 1 N–H and O–H groups in total. The second kappa shape index (κ2) is 8.35. The second-order valence-corrected chi connectivity index (χ2v) is 8.19. The van der Waals surface area contributed by atoms with Crippen LogP contribution in [0.4, 0.5) is 17.1 Å². The number of carbonyl (C=O) groups excluding carboxylic acids is 2. The smallest absolute Gasteiger partial charge is 0.282 e. The largest absolute Gasteiger partial charge is 0.350 e. The predicted molar refractivity (Wildman–Crippen MR) is 128 cm³/mol. The Morgan fingerprint density at radius 3 is 1.94 bits per heavy atom. The van der Waals surface area contributed by atoms with Gasteiger partial charge in [0, 0.05) is 17.8 Å². The Kier molecular flexibility index (Phi) is 5.55. The van der Waals surface area contributed by atoms with E-state index < -0.39 is 16.7 Å². The first-order valence-electron chi connectivity index (χ1n) is 10.5. The van der Waals surface area contributed by atoms with Gasteiger partial charge >= 0.3 is 0 Å². The first kappa shape index (κ1) is 22.0. The summed E-state index contributed by atoms with van der Waals surface area (Å²) >= 11 is 0. The molecule has 0 saturated carbocycles. The number of nitrogens with zero attached hydrogens (tertiary/aromatic N) is 2. The van der Waals surface area contributed by atoms with Crippen molar-refractivity contribution in [1.82, 2.24) is 0 Å². The highest BCUT2D eigenvalue weighted by molar-refractivity contribution is 6.46. The number of nitrogens with one attached hydrogen (secondary N) is 1. The molecule has 0 spiro atoms. The van der Waals surface area contributed by atoms with E-state index in [4.69, 9.17) is 0 Å². The standard InChI is InChI=1S/C26H23N3O4/c1-15-5-9-20(13-17(15)3)27-24-23(19-7-11-21(12-8-19)29(32)33)25(30)28(26(24)31)22-10-6-16(2)18(4)14-22/h5-14,27H,1-4H3. The highest BCUT2D eigenvalue weighted by Crippen LogP contribution is 2.35. The Hall–Kier alpha value is -4.26. The summed E-state index contributed by atoms with van der Waals surface area (Å²) in [5.74, 6) is -0.960. The summed E-state index contributed by atoms with van der Waals surface area (Å²) in [5, 5.41) is 14.2. The third-order valence-corrected chi connectivity index (χ3v) is 5.98. The Morgan fingerprint density at radius 2 is 1.36 bits per heavy atom. The Balaban J connectivity index is 1.83. The van der Waals surface area contributed by atoms with E-state index in [-0.39, 0.29) is 17.0 Å². The maximum Gasteiger partial charge on any atom is 0.282 e. The third-order valence-electron chi connectivity index (χ3n) is 5.98. The van der Waals surface area contributed by atoms with Crippen LogP contribution in [-0.2, 0) is 9.59 Å². The number of hydrogen-bond donors (Lipinski definition) is 1. The van der Waals surface area contributed by atoms with Gasteiger partial charge in [-0.25, -0.2) is 4.90 Å². The molecule has 0 atom stereocenters. The first-order valence-corrected chi connectivity index (χ1v) is 10.5. The fourth-order valence-electron chi connectivity index (χ4n) is 3.73. The van der Waals surface area contributed by atoms with E-state index in [0.717, 1.165) is 27.2 Å². The van der Waals surface area contributed by atoms with Crippen molar-refractivity contribution in [2.75, 3.05) is 10.2 Å². The number of aryl methyl sites for hydroxylation is 4. The van der Waals surface area contributed by atoms with Gasteiger partial charge in [-0.2, -0.15) is 0 Å². The molecule has 0 unspecified atom stereocenters. The molecule has 3 aromatic rings.